The zero-order valence-electron chi connectivity index (χ0n) is 7.42. The van der Waals surface area contributed by atoms with Crippen LogP contribution in [0.15, 0.2) is 0 Å². The fourth-order valence-corrected chi connectivity index (χ4v) is 0.638. The average Bonchev–Trinajstić information content (AvgIpc) is 2.03. The number of carbonyl (C=O) groups is 1. The summed E-state index contributed by atoms with van der Waals surface area (Å²) in [6, 6.07) is 0. The predicted molar refractivity (Wildman–Crippen MR) is 42.3 cm³/mol. The molecule has 3 heteroatoms. The van der Waals surface area contributed by atoms with Crippen LogP contribution < -0.4 is 0 Å². The second-order valence-corrected chi connectivity index (χ2v) is 2.39. The van der Waals surface area contributed by atoms with E-state index >= 15 is 0 Å². The molecular weight excluding hydrogens is 144 g/mol. The van der Waals surface area contributed by atoms with E-state index in [1.165, 1.54) is 7.11 Å². The molecule has 0 bridgehead atoms. The third-order valence-corrected chi connectivity index (χ3v) is 1.40. The Bertz CT molecular complexity index is 112. The van der Waals surface area contributed by atoms with Crippen molar-refractivity contribution in [1.82, 2.24) is 0 Å². The molecule has 0 aromatic carbocycles. The van der Waals surface area contributed by atoms with Crippen LogP contribution in [0.25, 0.3) is 0 Å². The largest absolute Gasteiger partial charge is 0.467 e. The van der Waals surface area contributed by atoms with Crippen LogP contribution in [0, 0.1) is 0 Å². The molecule has 0 aromatic heterocycles. The number of hydrogen-bond donors (Lipinski definition) is 0. The lowest BCUT2D eigenvalue weighted by molar-refractivity contribution is -0.152. The summed E-state index contributed by atoms with van der Waals surface area (Å²) >= 11 is 0. The van der Waals surface area contributed by atoms with E-state index in [4.69, 9.17) is 4.74 Å². The number of unbranched alkanes of at least 4 members (excludes halogenated alkanes) is 1. The smallest absolute Gasteiger partial charge is 0.334 e. The van der Waals surface area contributed by atoms with E-state index in [0.29, 0.717) is 6.61 Å². The van der Waals surface area contributed by atoms with Gasteiger partial charge in [0.15, 0.2) is 6.10 Å². The van der Waals surface area contributed by atoms with Gasteiger partial charge >= 0.3 is 5.97 Å². The highest BCUT2D eigenvalue weighted by atomic mass is 16.6. The van der Waals surface area contributed by atoms with E-state index < -0.39 is 6.10 Å². The molecule has 1 atom stereocenters. The van der Waals surface area contributed by atoms with Gasteiger partial charge in [0.25, 0.3) is 0 Å². The first-order valence-electron chi connectivity index (χ1n) is 3.91. The molecule has 0 fully saturated rings. The van der Waals surface area contributed by atoms with Crippen LogP contribution in [-0.4, -0.2) is 25.8 Å². The number of ether oxygens (including phenoxy) is 2. The standard InChI is InChI=1S/C8H16O3/c1-4-5-6-11-7(2)8(9)10-3/h7H,4-6H2,1-3H3/t7-/m0/s1. The highest BCUT2D eigenvalue weighted by Crippen LogP contribution is 1.96. The third kappa shape index (κ3) is 4.79. The number of methoxy groups -OCH3 is 1. The number of rotatable bonds is 5. The van der Waals surface area contributed by atoms with Gasteiger partial charge in [0.2, 0.25) is 0 Å². The molecule has 66 valence electrons. The van der Waals surface area contributed by atoms with Gasteiger partial charge in [0, 0.05) is 6.61 Å². The SMILES string of the molecule is CCCCO[C@@H](C)C(=O)OC. The van der Waals surface area contributed by atoms with Crippen molar-refractivity contribution in [1.29, 1.82) is 0 Å². The van der Waals surface area contributed by atoms with Gasteiger partial charge in [-0.1, -0.05) is 13.3 Å². The first-order chi connectivity index (χ1) is 5.22. The lowest BCUT2D eigenvalue weighted by Gasteiger charge is -2.09. The van der Waals surface area contributed by atoms with Gasteiger partial charge in [-0.15, -0.1) is 0 Å². The van der Waals surface area contributed by atoms with Crippen LogP contribution in [-0.2, 0) is 14.3 Å². The van der Waals surface area contributed by atoms with Crippen molar-refractivity contribution in [2.45, 2.75) is 32.8 Å². The Labute approximate surface area is 67.7 Å². The van der Waals surface area contributed by atoms with E-state index in [1.807, 2.05) is 0 Å². The zero-order chi connectivity index (χ0) is 8.69. The second kappa shape index (κ2) is 6.16. The molecule has 0 saturated heterocycles. The average molecular weight is 160 g/mol. The van der Waals surface area contributed by atoms with Crippen LogP contribution in [0.4, 0.5) is 0 Å². The van der Waals surface area contributed by atoms with Crippen LogP contribution in [0.3, 0.4) is 0 Å². The minimum absolute atomic E-state index is 0.305. The number of carbonyl (C=O) groups excluding carboxylic acids is 1. The summed E-state index contributed by atoms with van der Waals surface area (Å²) in [4.78, 5) is 10.8. The van der Waals surface area contributed by atoms with E-state index in [-0.39, 0.29) is 5.97 Å². The van der Waals surface area contributed by atoms with E-state index in [1.54, 1.807) is 6.92 Å². The molecule has 0 aromatic rings. The minimum atomic E-state index is -0.424. The Morgan fingerprint density at radius 3 is 2.64 bits per heavy atom. The first-order valence-corrected chi connectivity index (χ1v) is 3.91. The normalized spacial score (nSPS) is 12.6. The Hall–Kier alpha value is -0.570. The molecule has 0 heterocycles. The summed E-state index contributed by atoms with van der Waals surface area (Å²) in [5.74, 6) is -0.305. The molecule has 0 radical (unpaired) electrons. The van der Waals surface area contributed by atoms with Crippen molar-refractivity contribution in [2.24, 2.45) is 0 Å². The Kier molecular flexibility index (Phi) is 5.84. The van der Waals surface area contributed by atoms with Crippen molar-refractivity contribution >= 4 is 5.97 Å². The predicted octanol–water partition coefficient (Wildman–Crippen LogP) is 1.36. The van der Waals surface area contributed by atoms with Gasteiger partial charge in [-0.2, -0.15) is 0 Å². The summed E-state index contributed by atoms with van der Waals surface area (Å²) in [5.41, 5.74) is 0. The number of esters is 1. The van der Waals surface area contributed by atoms with Crippen LogP contribution >= 0.6 is 0 Å². The molecule has 3 nitrogen and oxygen atoms in total. The quantitative estimate of drug-likeness (QED) is 0.450. The van der Waals surface area contributed by atoms with E-state index in [9.17, 15) is 4.79 Å². The summed E-state index contributed by atoms with van der Waals surface area (Å²) in [6.07, 6.45) is 1.64. The maximum Gasteiger partial charge on any atom is 0.334 e. The molecule has 11 heavy (non-hydrogen) atoms. The summed E-state index contributed by atoms with van der Waals surface area (Å²) in [6.45, 7) is 4.40. The molecule has 0 aliphatic carbocycles. The van der Waals surface area contributed by atoms with Gasteiger partial charge < -0.3 is 9.47 Å². The Morgan fingerprint density at radius 2 is 2.18 bits per heavy atom. The topological polar surface area (TPSA) is 35.5 Å². The molecule has 0 rings (SSSR count). The van der Waals surface area contributed by atoms with Gasteiger partial charge in [0.05, 0.1) is 7.11 Å². The van der Waals surface area contributed by atoms with Crippen molar-refractivity contribution in [3.8, 4) is 0 Å². The maximum atomic E-state index is 10.8. The summed E-state index contributed by atoms with van der Waals surface area (Å²) in [7, 11) is 1.36. The van der Waals surface area contributed by atoms with Crippen molar-refractivity contribution in [3.05, 3.63) is 0 Å². The van der Waals surface area contributed by atoms with Gasteiger partial charge in [0.1, 0.15) is 0 Å². The van der Waals surface area contributed by atoms with E-state index in [0.717, 1.165) is 12.8 Å². The first kappa shape index (κ1) is 10.4. The van der Waals surface area contributed by atoms with Gasteiger partial charge in [-0.3, -0.25) is 0 Å². The van der Waals surface area contributed by atoms with Crippen molar-refractivity contribution < 1.29 is 14.3 Å². The molecule has 0 aliphatic rings. The highest BCUT2D eigenvalue weighted by molar-refractivity contribution is 5.73. The zero-order valence-corrected chi connectivity index (χ0v) is 7.42. The van der Waals surface area contributed by atoms with Crippen LogP contribution in [0.5, 0.6) is 0 Å². The highest BCUT2D eigenvalue weighted by Gasteiger charge is 2.11. The fourth-order valence-electron chi connectivity index (χ4n) is 0.638. The molecule has 0 amide bonds. The molecule has 0 unspecified atom stereocenters. The number of hydrogen-bond acceptors (Lipinski definition) is 3. The molecule has 0 saturated carbocycles. The molecule has 0 aliphatic heterocycles. The summed E-state index contributed by atoms with van der Waals surface area (Å²) < 4.78 is 9.64. The lowest BCUT2D eigenvalue weighted by Crippen LogP contribution is -2.22. The third-order valence-electron chi connectivity index (χ3n) is 1.40. The van der Waals surface area contributed by atoms with Crippen molar-refractivity contribution in [3.63, 3.8) is 0 Å². The fraction of sp³-hybridized carbons (Fsp3) is 0.875. The molecule has 0 spiro atoms. The Balaban J connectivity index is 3.36. The molecule has 0 N–H and O–H groups in total. The van der Waals surface area contributed by atoms with Crippen LogP contribution in [0.2, 0.25) is 0 Å². The van der Waals surface area contributed by atoms with Gasteiger partial charge in [-0.05, 0) is 13.3 Å². The maximum absolute atomic E-state index is 10.8. The lowest BCUT2D eigenvalue weighted by atomic mass is 10.3. The van der Waals surface area contributed by atoms with Gasteiger partial charge in [-0.25, -0.2) is 4.79 Å². The monoisotopic (exact) mass is 160 g/mol. The second-order valence-electron chi connectivity index (χ2n) is 2.39. The van der Waals surface area contributed by atoms with Crippen LogP contribution in [0.1, 0.15) is 26.7 Å². The minimum Gasteiger partial charge on any atom is -0.467 e. The van der Waals surface area contributed by atoms with E-state index in [2.05, 4.69) is 11.7 Å². The molecular formula is C8H16O3. The summed E-state index contributed by atoms with van der Waals surface area (Å²) in [5, 5.41) is 0. The van der Waals surface area contributed by atoms with Crippen molar-refractivity contribution in [2.75, 3.05) is 13.7 Å². The Morgan fingerprint density at radius 1 is 1.55 bits per heavy atom.